The largest absolute Gasteiger partial charge is 0.354 e. The van der Waals surface area contributed by atoms with Crippen LogP contribution in [0.3, 0.4) is 0 Å². The molecule has 2 rings (SSSR count). The summed E-state index contributed by atoms with van der Waals surface area (Å²) in [5.41, 5.74) is 0.750. The molecule has 0 radical (unpaired) electrons. The number of nitrogens with zero attached hydrogens (tertiary/aromatic N) is 3. The predicted molar refractivity (Wildman–Crippen MR) is 87.9 cm³/mol. The van der Waals surface area contributed by atoms with Gasteiger partial charge in [0.15, 0.2) is 0 Å². The van der Waals surface area contributed by atoms with E-state index >= 15 is 0 Å². The lowest BCUT2D eigenvalue weighted by Gasteiger charge is -2.10. The summed E-state index contributed by atoms with van der Waals surface area (Å²) >= 11 is 11.9. The molecule has 0 bridgehead atoms. The summed E-state index contributed by atoms with van der Waals surface area (Å²) in [5.74, 6) is 1.44. The smallest absolute Gasteiger partial charge is 0.233 e. The summed E-state index contributed by atoms with van der Waals surface area (Å²) in [7, 11) is 0. The van der Waals surface area contributed by atoms with Gasteiger partial charge in [0.25, 0.3) is 0 Å². The van der Waals surface area contributed by atoms with Crippen LogP contribution in [0, 0.1) is 0 Å². The summed E-state index contributed by atoms with van der Waals surface area (Å²) in [4.78, 5) is 12.8. The van der Waals surface area contributed by atoms with Crippen LogP contribution < -0.4 is 16.0 Å². The number of aromatic nitrogens is 3. The highest BCUT2D eigenvalue weighted by molar-refractivity contribution is 6.42. The zero-order valence-corrected chi connectivity index (χ0v) is 13.3. The molecule has 0 atom stereocenters. The highest BCUT2D eigenvalue weighted by atomic mass is 35.5. The second-order valence-corrected chi connectivity index (χ2v) is 4.94. The van der Waals surface area contributed by atoms with Crippen LogP contribution >= 0.6 is 23.2 Å². The minimum atomic E-state index is 0.426. The van der Waals surface area contributed by atoms with Crippen molar-refractivity contribution in [3.05, 3.63) is 28.2 Å². The van der Waals surface area contributed by atoms with Gasteiger partial charge in [-0.25, -0.2) is 0 Å². The molecule has 0 saturated carbocycles. The Balaban J connectivity index is 2.26. The Kier molecular flexibility index (Phi) is 5.41. The Morgan fingerprint density at radius 3 is 1.95 bits per heavy atom. The summed E-state index contributed by atoms with van der Waals surface area (Å²) in [6, 6.07) is 5.23. The van der Waals surface area contributed by atoms with Crippen LogP contribution in [-0.4, -0.2) is 28.0 Å². The Morgan fingerprint density at radius 1 is 0.857 bits per heavy atom. The van der Waals surface area contributed by atoms with Crippen molar-refractivity contribution < 1.29 is 0 Å². The van der Waals surface area contributed by atoms with E-state index in [1.165, 1.54) is 0 Å². The average molecular weight is 327 g/mol. The van der Waals surface area contributed by atoms with Gasteiger partial charge in [0, 0.05) is 18.8 Å². The molecule has 2 aromatic rings. The van der Waals surface area contributed by atoms with Gasteiger partial charge < -0.3 is 16.0 Å². The highest BCUT2D eigenvalue weighted by Gasteiger charge is 2.07. The number of benzene rings is 1. The van der Waals surface area contributed by atoms with E-state index in [0.717, 1.165) is 18.8 Å². The van der Waals surface area contributed by atoms with E-state index in [4.69, 9.17) is 23.2 Å². The van der Waals surface area contributed by atoms with E-state index in [-0.39, 0.29) is 0 Å². The lowest BCUT2D eigenvalue weighted by molar-refractivity contribution is 1.00. The maximum absolute atomic E-state index is 5.99. The van der Waals surface area contributed by atoms with Crippen LogP contribution in [0.25, 0.3) is 0 Å². The van der Waals surface area contributed by atoms with Crippen molar-refractivity contribution in [3.63, 3.8) is 0 Å². The molecular formula is C13H16Cl2N6. The average Bonchev–Trinajstić information content (AvgIpc) is 2.43. The quantitative estimate of drug-likeness (QED) is 0.750. The fourth-order valence-corrected chi connectivity index (χ4v) is 1.91. The molecule has 1 aromatic carbocycles. The fraction of sp³-hybridized carbons (Fsp3) is 0.308. The van der Waals surface area contributed by atoms with E-state index in [1.807, 2.05) is 13.8 Å². The Hall–Kier alpha value is -1.79. The van der Waals surface area contributed by atoms with Gasteiger partial charge in [0.2, 0.25) is 17.8 Å². The predicted octanol–water partition coefficient (Wildman–Crippen LogP) is 3.79. The maximum Gasteiger partial charge on any atom is 0.233 e. The number of hydrogen-bond acceptors (Lipinski definition) is 6. The van der Waals surface area contributed by atoms with Crippen LogP contribution in [0.15, 0.2) is 18.2 Å². The van der Waals surface area contributed by atoms with Crippen molar-refractivity contribution in [3.8, 4) is 0 Å². The molecule has 0 amide bonds. The molecule has 0 fully saturated rings. The van der Waals surface area contributed by atoms with Gasteiger partial charge in [-0.05, 0) is 32.0 Å². The number of hydrogen-bond donors (Lipinski definition) is 3. The third-order valence-electron chi connectivity index (χ3n) is 2.48. The van der Waals surface area contributed by atoms with Gasteiger partial charge in [-0.3, -0.25) is 0 Å². The third-order valence-corrected chi connectivity index (χ3v) is 3.22. The number of anilines is 4. The molecule has 6 nitrogen and oxygen atoms in total. The molecule has 0 aliphatic carbocycles. The molecule has 21 heavy (non-hydrogen) atoms. The molecule has 1 heterocycles. The van der Waals surface area contributed by atoms with Crippen molar-refractivity contribution in [2.24, 2.45) is 0 Å². The fourth-order valence-electron chi connectivity index (χ4n) is 1.61. The second-order valence-electron chi connectivity index (χ2n) is 4.12. The molecule has 8 heteroatoms. The molecule has 0 aliphatic heterocycles. The molecule has 0 unspecified atom stereocenters. The van der Waals surface area contributed by atoms with Crippen LogP contribution in [0.2, 0.25) is 10.0 Å². The zero-order valence-electron chi connectivity index (χ0n) is 11.7. The summed E-state index contributed by atoms with van der Waals surface area (Å²) in [6.07, 6.45) is 0. The van der Waals surface area contributed by atoms with Crippen molar-refractivity contribution in [2.45, 2.75) is 13.8 Å². The van der Waals surface area contributed by atoms with Gasteiger partial charge in [0.05, 0.1) is 10.0 Å². The Labute approximate surface area is 133 Å². The van der Waals surface area contributed by atoms with E-state index in [1.54, 1.807) is 18.2 Å². The first-order valence-corrected chi connectivity index (χ1v) is 7.33. The van der Waals surface area contributed by atoms with Crippen molar-refractivity contribution in [2.75, 3.05) is 29.0 Å². The molecule has 0 aliphatic rings. The normalized spacial score (nSPS) is 10.3. The number of nitrogens with one attached hydrogen (secondary N) is 3. The van der Waals surface area contributed by atoms with Gasteiger partial charge in [0.1, 0.15) is 0 Å². The summed E-state index contributed by atoms with van der Waals surface area (Å²) in [6.45, 7) is 5.40. The highest BCUT2D eigenvalue weighted by Crippen LogP contribution is 2.26. The minimum absolute atomic E-state index is 0.426. The SMILES string of the molecule is CCNc1nc(NCC)nc(Nc2ccc(Cl)c(Cl)c2)n1. The number of rotatable bonds is 6. The first kappa shape index (κ1) is 15.6. The topological polar surface area (TPSA) is 74.8 Å². The minimum Gasteiger partial charge on any atom is -0.354 e. The van der Waals surface area contributed by atoms with E-state index in [2.05, 4.69) is 30.9 Å². The third kappa shape index (κ3) is 4.34. The molecule has 3 N–H and O–H groups in total. The van der Waals surface area contributed by atoms with Gasteiger partial charge in [-0.15, -0.1) is 0 Å². The van der Waals surface area contributed by atoms with Crippen LogP contribution in [0.5, 0.6) is 0 Å². The Bertz CT molecular complexity index is 595. The van der Waals surface area contributed by atoms with Crippen LogP contribution in [0.4, 0.5) is 23.5 Å². The summed E-state index contributed by atoms with van der Waals surface area (Å²) < 4.78 is 0. The van der Waals surface area contributed by atoms with Crippen molar-refractivity contribution >= 4 is 46.7 Å². The first-order chi connectivity index (χ1) is 10.1. The Morgan fingerprint density at radius 2 is 1.43 bits per heavy atom. The molecule has 0 spiro atoms. The van der Waals surface area contributed by atoms with Gasteiger partial charge in [-0.1, -0.05) is 23.2 Å². The molecule has 112 valence electrons. The van der Waals surface area contributed by atoms with Crippen LogP contribution in [0.1, 0.15) is 13.8 Å². The molecule has 0 saturated heterocycles. The van der Waals surface area contributed by atoms with Gasteiger partial charge in [-0.2, -0.15) is 15.0 Å². The van der Waals surface area contributed by atoms with E-state index in [0.29, 0.717) is 27.9 Å². The zero-order chi connectivity index (χ0) is 15.2. The van der Waals surface area contributed by atoms with Crippen molar-refractivity contribution in [1.29, 1.82) is 0 Å². The molecular weight excluding hydrogens is 311 g/mol. The second kappa shape index (κ2) is 7.28. The monoisotopic (exact) mass is 326 g/mol. The van der Waals surface area contributed by atoms with Crippen molar-refractivity contribution in [1.82, 2.24) is 15.0 Å². The first-order valence-electron chi connectivity index (χ1n) is 6.58. The standard InChI is InChI=1S/C13H16Cl2N6/c1-3-16-11-19-12(17-4-2)21-13(20-11)18-8-5-6-9(14)10(15)7-8/h5-7H,3-4H2,1-2H3,(H3,16,17,18,19,20,21). The van der Waals surface area contributed by atoms with E-state index in [9.17, 15) is 0 Å². The maximum atomic E-state index is 5.99. The van der Waals surface area contributed by atoms with Crippen LogP contribution in [-0.2, 0) is 0 Å². The lowest BCUT2D eigenvalue weighted by Crippen LogP contribution is -2.10. The van der Waals surface area contributed by atoms with Gasteiger partial charge >= 0.3 is 0 Å². The number of halogens is 2. The lowest BCUT2D eigenvalue weighted by atomic mass is 10.3. The molecule has 1 aromatic heterocycles. The summed E-state index contributed by atoms with van der Waals surface area (Å²) in [5, 5.41) is 10.2. The van der Waals surface area contributed by atoms with E-state index < -0.39 is 0 Å².